The number of halogens is 1. The number of pyridine rings is 1. The van der Waals surface area contributed by atoms with Crippen molar-refractivity contribution < 1.29 is 4.39 Å². The van der Waals surface area contributed by atoms with Crippen LogP contribution in [0.1, 0.15) is 46.8 Å². The predicted octanol–water partition coefficient (Wildman–Crippen LogP) is 4.87. The molecule has 5 heterocycles. The molecule has 132 valence electrons. The van der Waals surface area contributed by atoms with E-state index >= 15 is 0 Å². The van der Waals surface area contributed by atoms with Gasteiger partial charge in [-0.05, 0) is 62.2 Å². The van der Waals surface area contributed by atoms with Crippen molar-refractivity contribution in [2.75, 3.05) is 13.1 Å². The highest BCUT2D eigenvalue weighted by molar-refractivity contribution is 5.93. The summed E-state index contributed by atoms with van der Waals surface area (Å²) in [4.78, 5) is 10.5. The first-order valence-electron chi connectivity index (χ1n) is 9.34. The first-order valence-corrected chi connectivity index (χ1v) is 9.34. The molecule has 0 atom stereocenters. The van der Waals surface area contributed by atoms with Gasteiger partial charge >= 0.3 is 0 Å². The van der Waals surface area contributed by atoms with Gasteiger partial charge in [-0.25, -0.2) is 4.39 Å². The number of H-pyrrole nitrogens is 1. The molecule has 3 nitrogen and oxygen atoms in total. The van der Waals surface area contributed by atoms with Crippen LogP contribution >= 0.6 is 0 Å². The summed E-state index contributed by atoms with van der Waals surface area (Å²) in [7, 11) is 0. The number of nitrogens with zero attached hydrogens (tertiary/aromatic N) is 2. The molecule has 3 aliphatic rings. The minimum atomic E-state index is -0.174. The Morgan fingerprint density at radius 3 is 2.81 bits per heavy atom. The van der Waals surface area contributed by atoms with Gasteiger partial charge in [-0.1, -0.05) is 18.2 Å². The van der Waals surface area contributed by atoms with E-state index in [4.69, 9.17) is 0 Å². The smallest absolute Gasteiger partial charge is 0.124 e. The summed E-state index contributed by atoms with van der Waals surface area (Å²) < 4.78 is 14.4. The van der Waals surface area contributed by atoms with Crippen molar-refractivity contribution in [3.8, 4) is 0 Å². The number of fused-ring (bicyclic) bond motifs is 3. The number of piperidine rings is 1. The molecule has 1 fully saturated rings. The van der Waals surface area contributed by atoms with E-state index < -0.39 is 0 Å². The van der Waals surface area contributed by atoms with E-state index in [1.807, 2.05) is 37.4 Å². The second kappa shape index (κ2) is 6.06. The summed E-state index contributed by atoms with van der Waals surface area (Å²) in [5.41, 5.74) is 6.60. The molecule has 3 aliphatic heterocycles. The zero-order chi connectivity index (χ0) is 17.7. The first kappa shape index (κ1) is 15.8. The third-order valence-corrected chi connectivity index (χ3v) is 5.81. The molecule has 1 saturated heterocycles. The van der Waals surface area contributed by atoms with Crippen LogP contribution in [0.15, 0.2) is 30.5 Å². The first-order chi connectivity index (χ1) is 12.7. The van der Waals surface area contributed by atoms with Crippen LogP contribution in [0.2, 0.25) is 0 Å². The lowest BCUT2D eigenvalue weighted by Gasteiger charge is -2.26. The van der Waals surface area contributed by atoms with E-state index in [2.05, 4.69) is 14.9 Å². The van der Waals surface area contributed by atoms with Gasteiger partial charge in [-0.3, -0.25) is 9.88 Å². The number of nitrogens with one attached hydrogen (secondary N) is 1. The van der Waals surface area contributed by atoms with Crippen molar-refractivity contribution in [2.24, 2.45) is 0 Å². The molecule has 4 heteroatoms. The van der Waals surface area contributed by atoms with E-state index in [1.54, 1.807) is 12.1 Å². The van der Waals surface area contributed by atoms with Crippen molar-refractivity contribution in [3.05, 3.63) is 64.4 Å². The van der Waals surface area contributed by atoms with Gasteiger partial charge in [0, 0.05) is 41.0 Å². The molecule has 0 aliphatic carbocycles. The fraction of sp³-hybridized carbons (Fsp3) is 0.318. The number of rotatable bonds is 2. The molecule has 0 radical (unpaired) electrons. The molecule has 2 aromatic heterocycles. The van der Waals surface area contributed by atoms with E-state index in [0.29, 0.717) is 5.92 Å². The van der Waals surface area contributed by atoms with Crippen LogP contribution in [0.3, 0.4) is 0 Å². The standard InChI is InChI=1S/C22H22FN3/c1-14-2-3-15(12-24-14)4-5-17-10-18(23)11-19-20-13-26-8-6-16(7-9-26)21(20)25-22(17)19/h2-5,10-12,16,25H,6-9,13H2,1H3. The van der Waals surface area contributed by atoms with Gasteiger partial charge in [0.1, 0.15) is 5.82 Å². The number of hydrogen-bond acceptors (Lipinski definition) is 2. The van der Waals surface area contributed by atoms with Crippen molar-refractivity contribution in [1.29, 1.82) is 0 Å². The van der Waals surface area contributed by atoms with Gasteiger partial charge in [0.15, 0.2) is 0 Å². The normalized spacial score (nSPS) is 22.1. The molecule has 0 amide bonds. The molecular formula is C22H22FN3. The molecule has 2 bridgehead atoms. The molecule has 0 unspecified atom stereocenters. The van der Waals surface area contributed by atoms with Gasteiger partial charge in [0.25, 0.3) is 0 Å². The number of aromatic nitrogens is 2. The molecule has 1 N–H and O–H groups in total. The molecule has 1 aromatic carbocycles. The minimum Gasteiger partial charge on any atom is -0.357 e. The lowest BCUT2D eigenvalue weighted by atomic mass is 9.94. The average molecular weight is 347 g/mol. The highest BCUT2D eigenvalue weighted by Crippen LogP contribution is 2.40. The summed E-state index contributed by atoms with van der Waals surface area (Å²) in [6, 6.07) is 7.34. The van der Waals surface area contributed by atoms with Crippen LogP contribution in [0.25, 0.3) is 23.1 Å². The van der Waals surface area contributed by atoms with Crippen LogP contribution in [0.5, 0.6) is 0 Å². The Kier molecular flexibility index (Phi) is 3.68. The highest BCUT2D eigenvalue weighted by Gasteiger charge is 2.30. The Morgan fingerprint density at radius 2 is 2.04 bits per heavy atom. The van der Waals surface area contributed by atoms with E-state index in [0.717, 1.165) is 47.4 Å². The van der Waals surface area contributed by atoms with E-state index in [-0.39, 0.29) is 5.82 Å². The Hall–Kier alpha value is -2.46. The molecular weight excluding hydrogens is 325 g/mol. The number of aromatic amines is 1. The molecule has 0 spiro atoms. The van der Waals surface area contributed by atoms with Crippen molar-refractivity contribution in [2.45, 2.75) is 32.2 Å². The van der Waals surface area contributed by atoms with Crippen molar-refractivity contribution in [3.63, 3.8) is 0 Å². The predicted molar refractivity (Wildman–Crippen MR) is 103 cm³/mol. The number of hydrogen-bond donors (Lipinski definition) is 1. The third-order valence-electron chi connectivity index (χ3n) is 5.81. The van der Waals surface area contributed by atoms with Crippen LogP contribution in [0, 0.1) is 12.7 Å². The zero-order valence-electron chi connectivity index (χ0n) is 14.9. The molecule has 26 heavy (non-hydrogen) atoms. The van der Waals surface area contributed by atoms with Crippen LogP contribution < -0.4 is 0 Å². The Balaban J connectivity index is 1.61. The zero-order valence-corrected chi connectivity index (χ0v) is 14.9. The minimum absolute atomic E-state index is 0.174. The van der Waals surface area contributed by atoms with Gasteiger partial charge < -0.3 is 4.98 Å². The summed E-state index contributed by atoms with van der Waals surface area (Å²) in [6.07, 6.45) is 8.23. The Morgan fingerprint density at radius 1 is 1.19 bits per heavy atom. The molecule has 6 rings (SSSR count). The fourth-order valence-electron chi connectivity index (χ4n) is 4.38. The van der Waals surface area contributed by atoms with Crippen LogP contribution in [0.4, 0.5) is 4.39 Å². The summed E-state index contributed by atoms with van der Waals surface area (Å²) in [5, 5.41) is 1.04. The SMILES string of the molecule is Cc1ccc(C=Cc2cc(F)cc3c4c([nH]c23)C2CCN(CC2)C4)cn1. The van der Waals surface area contributed by atoms with E-state index in [1.165, 1.54) is 24.1 Å². The van der Waals surface area contributed by atoms with Gasteiger partial charge in [0.05, 0.1) is 5.52 Å². The van der Waals surface area contributed by atoms with Crippen molar-refractivity contribution >= 4 is 23.1 Å². The van der Waals surface area contributed by atoms with E-state index in [9.17, 15) is 4.39 Å². The van der Waals surface area contributed by atoms with Crippen LogP contribution in [-0.4, -0.2) is 28.0 Å². The third kappa shape index (κ3) is 2.65. The van der Waals surface area contributed by atoms with Crippen LogP contribution in [-0.2, 0) is 6.54 Å². The maximum atomic E-state index is 14.4. The van der Waals surface area contributed by atoms with Gasteiger partial charge in [0.2, 0.25) is 0 Å². The quantitative estimate of drug-likeness (QED) is 0.717. The Bertz CT molecular complexity index is 992. The number of benzene rings is 1. The maximum Gasteiger partial charge on any atom is 0.124 e. The maximum absolute atomic E-state index is 14.4. The molecule has 3 aromatic rings. The van der Waals surface area contributed by atoms with Gasteiger partial charge in [-0.15, -0.1) is 0 Å². The number of aryl methyl sites for hydroxylation is 1. The topological polar surface area (TPSA) is 31.9 Å². The summed E-state index contributed by atoms with van der Waals surface area (Å²) in [5.74, 6) is 0.407. The lowest BCUT2D eigenvalue weighted by molar-refractivity contribution is 0.220. The second-order valence-electron chi connectivity index (χ2n) is 7.55. The largest absolute Gasteiger partial charge is 0.357 e. The lowest BCUT2D eigenvalue weighted by Crippen LogP contribution is -2.29. The highest BCUT2D eigenvalue weighted by atomic mass is 19.1. The average Bonchev–Trinajstić information content (AvgIpc) is 2.81. The summed E-state index contributed by atoms with van der Waals surface area (Å²) in [6.45, 7) is 5.20. The Labute approximate surface area is 152 Å². The fourth-order valence-corrected chi connectivity index (χ4v) is 4.38. The van der Waals surface area contributed by atoms with Gasteiger partial charge in [-0.2, -0.15) is 0 Å². The van der Waals surface area contributed by atoms with Crippen molar-refractivity contribution in [1.82, 2.24) is 14.9 Å². The molecule has 0 saturated carbocycles. The monoisotopic (exact) mass is 347 g/mol. The summed E-state index contributed by atoms with van der Waals surface area (Å²) >= 11 is 0. The second-order valence-corrected chi connectivity index (χ2v) is 7.55.